The minimum absolute atomic E-state index is 0.0300. The van der Waals surface area contributed by atoms with Crippen molar-refractivity contribution in [2.45, 2.75) is 39.2 Å². The third-order valence-electron chi connectivity index (χ3n) is 4.75. The van der Waals surface area contributed by atoms with Gasteiger partial charge < -0.3 is 19.9 Å². The van der Waals surface area contributed by atoms with Gasteiger partial charge in [0.1, 0.15) is 0 Å². The molecule has 1 aromatic carbocycles. The topological polar surface area (TPSA) is 74.4 Å². The second-order valence-electron chi connectivity index (χ2n) is 6.48. The number of ether oxygens (including phenoxy) is 1. The van der Waals surface area contributed by atoms with Crippen molar-refractivity contribution in [2.24, 2.45) is 0 Å². The first-order chi connectivity index (χ1) is 12.1. The molecule has 6 nitrogen and oxygen atoms in total. The molecule has 0 saturated carbocycles. The summed E-state index contributed by atoms with van der Waals surface area (Å²) in [5.41, 5.74) is 3.15. The van der Waals surface area contributed by atoms with Crippen molar-refractivity contribution in [3.05, 3.63) is 35.5 Å². The fourth-order valence-electron chi connectivity index (χ4n) is 3.42. The van der Waals surface area contributed by atoms with Gasteiger partial charge >= 0.3 is 6.09 Å². The van der Waals surface area contributed by atoms with Gasteiger partial charge in [-0.05, 0) is 38.3 Å². The molecule has 1 aliphatic heterocycles. The van der Waals surface area contributed by atoms with Crippen molar-refractivity contribution in [3.8, 4) is 0 Å². The summed E-state index contributed by atoms with van der Waals surface area (Å²) < 4.78 is 5.02. The van der Waals surface area contributed by atoms with Crippen LogP contribution >= 0.6 is 0 Å². The number of para-hydroxylation sites is 1. The van der Waals surface area contributed by atoms with E-state index in [0.29, 0.717) is 26.1 Å². The van der Waals surface area contributed by atoms with Crippen LogP contribution in [0.5, 0.6) is 0 Å². The molecule has 1 aliphatic rings. The summed E-state index contributed by atoms with van der Waals surface area (Å²) in [6.07, 6.45) is 1.63. The zero-order chi connectivity index (χ0) is 17.8. The van der Waals surface area contributed by atoms with Crippen molar-refractivity contribution in [3.63, 3.8) is 0 Å². The monoisotopic (exact) mass is 343 g/mol. The minimum atomic E-state index is -0.262. The quantitative estimate of drug-likeness (QED) is 0.896. The molecule has 0 unspecified atom stereocenters. The number of hydrogen-bond acceptors (Lipinski definition) is 3. The minimum Gasteiger partial charge on any atom is -0.450 e. The number of hydrogen-bond donors (Lipinski definition) is 2. The van der Waals surface area contributed by atoms with Crippen LogP contribution in [0.3, 0.4) is 0 Å². The smallest absolute Gasteiger partial charge is 0.409 e. The first kappa shape index (κ1) is 17.3. The molecule has 0 atom stereocenters. The Bertz CT molecular complexity index is 760. The average Bonchev–Trinajstić information content (AvgIpc) is 2.91. The van der Waals surface area contributed by atoms with Gasteiger partial charge in [0.05, 0.1) is 13.0 Å². The lowest BCUT2D eigenvalue weighted by Gasteiger charge is -2.31. The molecule has 0 bridgehead atoms. The number of carbonyl (C=O) groups is 2. The van der Waals surface area contributed by atoms with E-state index in [-0.39, 0.29) is 18.0 Å². The van der Waals surface area contributed by atoms with E-state index in [2.05, 4.69) is 10.3 Å². The second-order valence-corrected chi connectivity index (χ2v) is 6.48. The Labute approximate surface area is 147 Å². The van der Waals surface area contributed by atoms with E-state index < -0.39 is 0 Å². The maximum Gasteiger partial charge on any atom is 0.409 e. The van der Waals surface area contributed by atoms with E-state index in [4.69, 9.17) is 4.74 Å². The van der Waals surface area contributed by atoms with Crippen molar-refractivity contribution < 1.29 is 14.3 Å². The summed E-state index contributed by atoms with van der Waals surface area (Å²) in [6.45, 7) is 5.43. The van der Waals surface area contributed by atoms with Crippen LogP contribution in [0.1, 0.15) is 31.0 Å². The molecule has 0 spiro atoms. The standard InChI is InChI=1S/C19H25N3O3/c1-3-25-19(24)22-10-8-14(9-11-22)21-18(23)12-16-13(2)20-17-7-5-4-6-15(16)17/h4-7,14,20H,3,8-12H2,1-2H3,(H,21,23). The van der Waals surface area contributed by atoms with E-state index >= 15 is 0 Å². The summed E-state index contributed by atoms with van der Waals surface area (Å²) in [7, 11) is 0. The Morgan fingerprint density at radius 2 is 2.00 bits per heavy atom. The van der Waals surface area contributed by atoms with Crippen LogP contribution in [-0.2, 0) is 16.0 Å². The summed E-state index contributed by atoms with van der Waals surface area (Å²) in [6, 6.07) is 8.15. The molecule has 25 heavy (non-hydrogen) atoms. The first-order valence-corrected chi connectivity index (χ1v) is 8.85. The van der Waals surface area contributed by atoms with Crippen LogP contribution in [0.4, 0.5) is 4.79 Å². The van der Waals surface area contributed by atoms with Crippen LogP contribution < -0.4 is 5.32 Å². The molecule has 134 valence electrons. The summed E-state index contributed by atoms with van der Waals surface area (Å²) in [4.78, 5) is 29.2. The predicted molar refractivity (Wildman–Crippen MR) is 96.5 cm³/mol. The number of aromatic amines is 1. The fraction of sp³-hybridized carbons (Fsp3) is 0.474. The van der Waals surface area contributed by atoms with E-state index in [9.17, 15) is 9.59 Å². The Balaban J connectivity index is 1.55. The van der Waals surface area contributed by atoms with Crippen LogP contribution in [-0.4, -0.2) is 47.6 Å². The predicted octanol–water partition coefficient (Wildman–Crippen LogP) is 2.76. The molecular weight excluding hydrogens is 318 g/mol. The molecule has 1 saturated heterocycles. The van der Waals surface area contributed by atoms with Gasteiger partial charge in [-0.1, -0.05) is 18.2 Å². The van der Waals surface area contributed by atoms with Crippen molar-refractivity contribution >= 4 is 22.9 Å². The van der Waals surface area contributed by atoms with Crippen LogP contribution in [0.2, 0.25) is 0 Å². The van der Waals surface area contributed by atoms with Crippen molar-refractivity contribution in [1.82, 2.24) is 15.2 Å². The fourth-order valence-corrected chi connectivity index (χ4v) is 3.42. The largest absolute Gasteiger partial charge is 0.450 e. The zero-order valence-electron chi connectivity index (χ0n) is 14.8. The van der Waals surface area contributed by atoms with Gasteiger partial charge in [0.15, 0.2) is 0 Å². The molecular formula is C19H25N3O3. The normalized spacial score (nSPS) is 15.4. The molecule has 1 aromatic heterocycles. The SMILES string of the molecule is CCOC(=O)N1CCC(NC(=O)Cc2c(C)[nH]c3ccccc23)CC1. The van der Waals surface area contributed by atoms with E-state index in [1.807, 2.05) is 31.2 Å². The summed E-state index contributed by atoms with van der Waals surface area (Å²) in [5, 5.41) is 4.21. The third-order valence-corrected chi connectivity index (χ3v) is 4.75. The van der Waals surface area contributed by atoms with E-state index in [1.54, 1.807) is 11.8 Å². The highest BCUT2D eigenvalue weighted by molar-refractivity contribution is 5.90. The van der Waals surface area contributed by atoms with Gasteiger partial charge in [-0.3, -0.25) is 4.79 Å². The second kappa shape index (κ2) is 7.59. The molecule has 2 heterocycles. The molecule has 0 radical (unpaired) electrons. The van der Waals surface area contributed by atoms with Gasteiger partial charge in [-0.15, -0.1) is 0 Å². The average molecular weight is 343 g/mol. The summed E-state index contributed by atoms with van der Waals surface area (Å²) in [5.74, 6) is 0.0300. The van der Waals surface area contributed by atoms with E-state index in [0.717, 1.165) is 35.0 Å². The molecule has 0 aliphatic carbocycles. The number of amides is 2. The molecule has 3 rings (SSSR count). The van der Waals surface area contributed by atoms with Gasteiger partial charge in [-0.2, -0.15) is 0 Å². The van der Waals surface area contributed by atoms with Crippen LogP contribution in [0.25, 0.3) is 10.9 Å². The number of aromatic nitrogens is 1. The lowest BCUT2D eigenvalue weighted by Crippen LogP contribution is -2.47. The Morgan fingerprint density at radius 3 is 2.72 bits per heavy atom. The Hall–Kier alpha value is -2.50. The lowest BCUT2D eigenvalue weighted by atomic mass is 10.0. The number of rotatable bonds is 4. The number of nitrogens with zero attached hydrogens (tertiary/aromatic N) is 1. The van der Waals surface area contributed by atoms with Gasteiger partial charge in [0.2, 0.25) is 5.91 Å². The highest BCUT2D eigenvalue weighted by Gasteiger charge is 2.24. The molecule has 1 fully saturated rings. The Morgan fingerprint density at radius 1 is 1.28 bits per heavy atom. The number of aryl methyl sites for hydroxylation is 1. The number of fused-ring (bicyclic) bond motifs is 1. The molecule has 2 amide bonds. The van der Waals surface area contributed by atoms with Crippen molar-refractivity contribution in [2.75, 3.05) is 19.7 Å². The van der Waals surface area contributed by atoms with Gasteiger partial charge in [-0.25, -0.2) is 4.79 Å². The number of piperidine rings is 1. The molecule has 2 N–H and O–H groups in total. The number of nitrogens with one attached hydrogen (secondary N) is 2. The van der Waals surface area contributed by atoms with Gasteiger partial charge in [0.25, 0.3) is 0 Å². The number of H-pyrrole nitrogens is 1. The van der Waals surface area contributed by atoms with Crippen LogP contribution in [0.15, 0.2) is 24.3 Å². The highest BCUT2D eigenvalue weighted by Crippen LogP contribution is 2.22. The lowest BCUT2D eigenvalue weighted by molar-refractivity contribution is -0.121. The highest BCUT2D eigenvalue weighted by atomic mass is 16.6. The number of likely N-dealkylation sites (tertiary alicyclic amines) is 1. The maximum absolute atomic E-state index is 12.5. The van der Waals surface area contributed by atoms with Crippen molar-refractivity contribution in [1.29, 1.82) is 0 Å². The molecule has 6 heteroatoms. The van der Waals surface area contributed by atoms with Gasteiger partial charge in [0, 0.05) is 35.7 Å². The zero-order valence-corrected chi connectivity index (χ0v) is 14.8. The maximum atomic E-state index is 12.5. The Kier molecular flexibility index (Phi) is 5.26. The van der Waals surface area contributed by atoms with Crippen LogP contribution in [0, 0.1) is 6.92 Å². The third kappa shape index (κ3) is 3.95. The number of carbonyl (C=O) groups excluding carboxylic acids is 2. The summed E-state index contributed by atoms with van der Waals surface area (Å²) >= 11 is 0. The first-order valence-electron chi connectivity index (χ1n) is 8.85. The van der Waals surface area contributed by atoms with E-state index in [1.165, 1.54) is 0 Å². The molecule has 2 aromatic rings. The number of benzene rings is 1.